The van der Waals surface area contributed by atoms with E-state index in [2.05, 4.69) is 10.3 Å². The van der Waals surface area contributed by atoms with E-state index in [0.717, 1.165) is 23.1 Å². The first-order valence-electron chi connectivity index (χ1n) is 9.74. The zero-order valence-corrected chi connectivity index (χ0v) is 17.9. The summed E-state index contributed by atoms with van der Waals surface area (Å²) in [4.78, 5) is 31.0. The van der Waals surface area contributed by atoms with Crippen LogP contribution in [0, 0.1) is 17.1 Å². The second kappa shape index (κ2) is 7.77. The summed E-state index contributed by atoms with van der Waals surface area (Å²) in [6.07, 6.45) is -3.56. The molecule has 2 heterocycles. The van der Waals surface area contributed by atoms with Crippen molar-refractivity contribution in [3.8, 4) is 6.07 Å². The van der Waals surface area contributed by atoms with Crippen LogP contribution < -0.4 is 15.1 Å². The molecule has 170 valence electrons. The van der Waals surface area contributed by atoms with Gasteiger partial charge in [0.2, 0.25) is 0 Å². The topological polar surface area (TPSA) is 89.3 Å². The van der Waals surface area contributed by atoms with Crippen molar-refractivity contribution in [2.24, 2.45) is 0 Å². The van der Waals surface area contributed by atoms with Gasteiger partial charge in [0, 0.05) is 12.7 Å². The molecule has 1 spiro atoms. The molecule has 1 saturated carbocycles. The van der Waals surface area contributed by atoms with Gasteiger partial charge in [0.25, 0.3) is 11.8 Å². The number of thiocarbonyl (C=S) groups is 1. The SMILES string of the molecule is CNC(=O)c1ccc(N2C(=S)N(c3ccc(C#N)c(C(F)(F)F)n3)C(=O)C23CCC3)cc1F. The van der Waals surface area contributed by atoms with Crippen LogP contribution in [0.25, 0.3) is 0 Å². The lowest BCUT2D eigenvalue weighted by atomic mass is 9.75. The van der Waals surface area contributed by atoms with Crippen LogP contribution in [0.3, 0.4) is 0 Å². The number of halogens is 4. The van der Waals surface area contributed by atoms with Crippen LogP contribution in [-0.2, 0) is 11.0 Å². The molecule has 0 radical (unpaired) electrons. The van der Waals surface area contributed by atoms with Crippen LogP contribution in [0.4, 0.5) is 29.1 Å². The molecule has 0 atom stereocenters. The average Bonchev–Trinajstić information content (AvgIpc) is 2.98. The third-order valence-corrected chi connectivity index (χ3v) is 6.14. The van der Waals surface area contributed by atoms with Crippen LogP contribution in [0.5, 0.6) is 0 Å². The molecule has 7 nitrogen and oxygen atoms in total. The quantitative estimate of drug-likeness (QED) is 0.538. The molecule has 33 heavy (non-hydrogen) atoms. The fourth-order valence-corrected chi connectivity index (χ4v) is 4.48. The van der Waals surface area contributed by atoms with Crippen molar-refractivity contribution in [3.05, 3.63) is 53.0 Å². The molecular formula is C21H15F4N5O2S. The van der Waals surface area contributed by atoms with Crippen LogP contribution >= 0.6 is 12.2 Å². The second-order valence-corrected chi connectivity index (χ2v) is 7.93. The zero-order valence-electron chi connectivity index (χ0n) is 17.0. The van der Waals surface area contributed by atoms with Gasteiger partial charge in [0.1, 0.15) is 23.2 Å². The van der Waals surface area contributed by atoms with Crippen molar-refractivity contribution in [2.45, 2.75) is 31.0 Å². The number of hydrogen-bond acceptors (Lipinski definition) is 5. The fraction of sp³-hybridized carbons (Fsp3) is 0.286. The Morgan fingerprint density at radius 2 is 1.97 bits per heavy atom. The number of nitrogens with one attached hydrogen (secondary N) is 1. The van der Waals surface area contributed by atoms with Crippen molar-refractivity contribution in [1.82, 2.24) is 10.3 Å². The first kappa shape index (κ1) is 22.6. The lowest BCUT2D eigenvalue weighted by molar-refractivity contribution is -0.141. The average molecular weight is 477 g/mol. The Kier molecular flexibility index (Phi) is 5.32. The summed E-state index contributed by atoms with van der Waals surface area (Å²) in [5, 5.41) is 11.1. The number of anilines is 2. The Morgan fingerprint density at radius 1 is 1.27 bits per heavy atom. The minimum absolute atomic E-state index is 0.169. The highest BCUT2D eigenvalue weighted by atomic mass is 32.1. The number of alkyl halides is 3. The monoisotopic (exact) mass is 477 g/mol. The second-order valence-electron chi connectivity index (χ2n) is 7.56. The predicted molar refractivity (Wildman–Crippen MR) is 113 cm³/mol. The lowest BCUT2D eigenvalue weighted by Gasteiger charge is -2.43. The van der Waals surface area contributed by atoms with E-state index in [1.807, 2.05) is 0 Å². The van der Waals surface area contributed by atoms with Crippen molar-refractivity contribution >= 4 is 40.6 Å². The number of nitrogens with zero attached hydrogens (tertiary/aromatic N) is 4. The number of aromatic nitrogens is 1. The lowest BCUT2D eigenvalue weighted by Crippen LogP contribution is -2.55. The van der Waals surface area contributed by atoms with Gasteiger partial charge in [-0.3, -0.25) is 9.59 Å². The van der Waals surface area contributed by atoms with Gasteiger partial charge in [0.15, 0.2) is 10.8 Å². The minimum atomic E-state index is -4.92. The highest BCUT2D eigenvalue weighted by molar-refractivity contribution is 7.81. The summed E-state index contributed by atoms with van der Waals surface area (Å²) in [5.74, 6) is -2.45. The van der Waals surface area contributed by atoms with Crippen molar-refractivity contribution in [1.29, 1.82) is 5.26 Å². The van der Waals surface area contributed by atoms with E-state index in [9.17, 15) is 27.2 Å². The summed E-state index contributed by atoms with van der Waals surface area (Å²) < 4.78 is 54.9. The van der Waals surface area contributed by atoms with Crippen molar-refractivity contribution in [3.63, 3.8) is 0 Å². The van der Waals surface area contributed by atoms with Crippen LogP contribution in [0.15, 0.2) is 30.3 Å². The fourth-order valence-electron chi connectivity index (χ4n) is 4.02. The number of benzene rings is 1. The van der Waals surface area contributed by atoms with E-state index >= 15 is 0 Å². The highest BCUT2D eigenvalue weighted by Gasteiger charge is 2.60. The molecule has 2 aliphatic rings. The summed E-state index contributed by atoms with van der Waals surface area (Å²) in [5.41, 5.74) is -3.33. The van der Waals surface area contributed by atoms with Crippen molar-refractivity contribution < 1.29 is 27.2 Å². The summed E-state index contributed by atoms with van der Waals surface area (Å²) in [7, 11) is 1.35. The predicted octanol–water partition coefficient (Wildman–Crippen LogP) is 3.53. The first-order valence-corrected chi connectivity index (χ1v) is 10.1. The Hall–Kier alpha value is -3.59. The standard InChI is InChI=1S/C21H15F4N5O2S/c1-27-17(31)13-5-4-12(9-14(13)22)30-19(33)29(18(32)20(30)7-2-8-20)15-6-3-11(10-26)16(28-15)21(23,24)25/h3-6,9H,2,7-8H2,1H3,(H,27,31). The number of carbonyl (C=O) groups is 2. The number of carbonyl (C=O) groups excluding carboxylic acids is 2. The van der Waals surface area contributed by atoms with E-state index in [1.165, 1.54) is 30.1 Å². The molecule has 1 N–H and O–H groups in total. The largest absolute Gasteiger partial charge is 0.434 e. The number of rotatable bonds is 3. The molecule has 1 saturated heterocycles. The van der Waals surface area contributed by atoms with E-state index in [0.29, 0.717) is 19.3 Å². The van der Waals surface area contributed by atoms with E-state index in [-0.39, 0.29) is 22.2 Å². The van der Waals surface area contributed by atoms with Crippen LogP contribution in [-0.4, -0.2) is 34.5 Å². The van der Waals surface area contributed by atoms with Gasteiger partial charge in [-0.2, -0.15) is 18.4 Å². The molecule has 1 aliphatic heterocycles. The third-order valence-electron chi connectivity index (χ3n) is 5.77. The Morgan fingerprint density at radius 3 is 2.48 bits per heavy atom. The number of nitriles is 1. The maximum Gasteiger partial charge on any atom is 0.434 e. The minimum Gasteiger partial charge on any atom is -0.355 e. The first-order chi connectivity index (χ1) is 15.5. The Balaban J connectivity index is 1.80. The number of hydrogen-bond donors (Lipinski definition) is 1. The molecule has 2 amide bonds. The highest BCUT2D eigenvalue weighted by Crippen LogP contribution is 2.48. The smallest absolute Gasteiger partial charge is 0.355 e. The van der Waals surface area contributed by atoms with Crippen molar-refractivity contribution in [2.75, 3.05) is 16.8 Å². The molecule has 0 unspecified atom stereocenters. The van der Waals surface area contributed by atoms with Gasteiger partial charge in [-0.1, -0.05) is 0 Å². The number of pyridine rings is 1. The van der Waals surface area contributed by atoms with Crippen LogP contribution in [0.1, 0.15) is 40.9 Å². The normalized spacial score (nSPS) is 17.2. The van der Waals surface area contributed by atoms with Gasteiger partial charge in [-0.05, 0) is 61.8 Å². The van der Waals surface area contributed by atoms with Gasteiger partial charge in [-0.15, -0.1) is 0 Å². The zero-order chi connectivity index (χ0) is 24.1. The molecule has 12 heteroatoms. The van der Waals surface area contributed by atoms with E-state index in [1.54, 1.807) is 0 Å². The molecule has 2 aromatic rings. The molecular weight excluding hydrogens is 462 g/mol. The summed E-state index contributed by atoms with van der Waals surface area (Å²) >= 11 is 5.44. The maximum absolute atomic E-state index is 14.6. The summed E-state index contributed by atoms with van der Waals surface area (Å²) in [6, 6.07) is 7.20. The number of amides is 2. The van der Waals surface area contributed by atoms with Gasteiger partial charge in [-0.25, -0.2) is 14.3 Å². The molecule has 1 aliphatic carbocycles. The summed E-state index contributed by atoms with van der Waals surface area (Å²) in [6.45, 7) is 0. The molecule has 1 aromatic heterocycles. The van der Waals surface area contributed by atoms with Gasteiger partial charge >= 0.3 is 6.18 Å². The molecule has 2 fully saturated rings. The van der Waals surface area contributed by atoms with Gasteiger partial charge in [0.05, 0.1) is 11.1 Å². The molecule has 0 bridgehead atoms. The Bertz CT molecular complexity index is 1240. The third kappa shape index (κ3) is 3.39. The maximum atomic E-state index is 14.6. The molecule has 4 rings (SSSR count). The van der Waals surface area contributed by atoms with E-state index in [4.69, 9.17) is 17.5 Å². The van der Waals surface area contributed by atoms with Gasteiger partial charge < -0.3 is 10.2 Å². The van der Waals surface area contributed by atoms with Crippen LogP contribution in [0.2, 0.25) is 0 Å². The van der Waals surface area contributed by atoms with E-state index < -0.39 is 40.6 Å². The Labute approximate surface area is 190 Å². The molecule has 1 aromatic carbocycles.